The highest BCUT2D eigenvalue weighted by Gasteiger charge is 2.30. The number of aromatic nitrogens is 2. The number of aromatic amines is 1. The van der Waals surface area contributed by atoms with Gasteiger partial charge in [0.1, 0.15) is 0 Å². The second-order valence-corrected chi connectivity index (χ2v) is 8.01. The highest BCUT2D eigenvalue weighted by Crippen LogP contribution is 2.33. The molecule has 30 heavy (non-hydrogen) atoms. The van der Waals surface area contributed by atoms with Gasteiger partial charge in [0.2, 0.25) is 0 Å². The number of hydrogen-bond acceptors (Lipinski definition) is 3. The lowest BCUT2D eigenvalue weighted by Gasteiger charge is -2.11. The molecule has 0 saturated carbocycles. The van der Waals surface area contributed by atoms with E-state index in [0.717, 1.165) is 33.9 Å². The molecule has 1 fully saturated rings. The second kappa shape index (κ2) is 8.32. The molecule has 3 N–H and O–H groups in total. The molecule has 1 atom stereocenters. The van der Waals surface area contributed by atoms with E-state index in [0.29, 0.717) is 30.5 Å². The minimum absolute atomic E-state index is 0.133. The van der Waals surface area contributed by atoms with Gasteiger partial charge in [-0.3, -0.25) is 14.6 Å². The van der Waals surface area contributed by atoms with Gasteiger partial charge in [-0.2, -0.15) is 0 Å². The Bertz CT molecular complexity index is 1100. The molecule has 2 amide bonds. The van der Waals surface area contributed by atoms with E-state index in [1.165, 1.54) is 0 Å². The molecule has 1 saturated heterocycles. The van der Waals surface area contributed by atoms with Crippen molar-refractivity contribution in [3.63, 3.8) is 0 Å². The van der Waals surface area contributed by atoms with Crippen LogP contribution in [0.3, 0.4) is 0 Å². The Hall–Kier alpha value is -3.12. The Balaban J connectivity index is 1.53. The number of amides is 2. The fourth-order valence-corrected chi connectivity index (χ4v) is 4.04. The smallest absolute Gasteiger partial charge is 0.256 e. The third-order valence-corrected chi connectivity index (χ3v) is 5.66. The molecule has 4 rings (SSSR count). The van der Waals surface area contributed by atoms with Crippen molar-refractivity contribution in [3.05, 3.63) is 81.6 Å². The summed E-state index contributed by atoms with van der Waals surface area (Å²) >= 11 is 6.24. The molecule has 0 aromatic carbocycles. The van der Waals surface area contributed by atoms with Crippen LogP contribution in [0.2, 0.25) is 0 Å². The summed E-state index contributed by atoms with van der Waals surface area (Å²) in [6.45, 7) is 4.24. The van der Waals surface area contributed by atoms with E-state index in [4.69, 9.17) is 11.6 Å². The van der Waals surface area contributed by atoms with Crippen molar-refractivity contribution in [2.75, 3.05) is 6.54 Å². The largest absolute Gasteiger partial charge is 0.358 e. The van der Waals surface area contributed by atoms with Crippen molar-refractivity contribution >= 4 is 29.5 Å². The quantitative estimate of drug-likeness (QED) is 0.510. The number of aryl methyl sites for hydroxylation is 1. The molecule has 1 aliphatic carbocycles. The maximum Gasteiger partial charge on any atom is 0.256 e. The number of carbonyl (C=O) groups excluding carboxylic acids is 2. The van der Waals surface area contributed by atoms with Crippen molar-refractivity contribution in [3.8, 4) is 0 Å². The average Bonchev–Trinajstić information content (AvgIpc) is 3.18. The normalized spacial score (nSPS) is 19.2. The summed E-state index contributed by atoms with van der Waals surface area (Å²) in [6.07, 6.45) is 8.73. The van der Waals surface area contributed by atoms with Gasteiger partial charge in [0, 0.05) is 47.5 Å². The number of H-pyrrole nitrogens is 1. The van der Waals surface area contributed by atoms with E-state index in [1.54, 1.807) is 12.3 Å². The maximum atomic E-state index is 12.8. The number of carbonyl (C=O) groups is 2. The van der Waals surface area contributed by atoms with Crippen LogP contribution in [0.4, 0.5) is 0 Å². The van der Waals surface area contributed by atoms with E-state index in [2.05, 4.69) is 20.6 Å². The zero-order valence-corrected chi connectivity index (χ0v) is 17.6. The Morgan fingerprint density at radius 3 is 2.97 bits per heavy atom. The number of nitrogens with zero attached hydrogens (tertiary/aromatic N) is 1. The van der Waals surface area contributed by atoms with Crippen molar-refractivity contribution in [2.45, 2.75) is 32.1 Å². The predicted octanol–water partition coefficient (Wildman–Crippen LogP) is 3.33. The molecule has 0 bridgehead atoms. The lowest BCUT2D eigenvalue weighted by molar-refractivity contribution is -0.115. The Kier molecular flexibility index (Phi) is 5.59. The summed E-state index contributed by atoms with van der Waals surface area (Å²) in [4.78, 5) is 32.7. The van der Waals surface area contributed by atoms with Crippen LogP contribution in [0.1, 0.15) is 39.4 Å². The number of hydrogen-bond donors (Lipinski definition) is 3. The van der Waals surface area contributed by atoms with E-state index in [1.807, 2.05) is 44.2 Å². The van der Waals surface area contributed by atoms with Gasteiger partial charge in [-0.15, -0.1) is 11.6 Å². The summed E-state index contributed by atoms with van der Waals surface area (Å²) in [6, 6.07) is 5.73. The standard InChI is InChI=1S/C23H23ClN4O2/c1-13-20(12-18-17-11-15(24)6-7-19(17)28-22(18)29)27-14(2)21(13)23(30)26-10-8-16-5-3-4-9-25-16/h3-5,7,9,11-12,15,27H,6,8,10H2,1-2H3,(H,26,30)(H,28,29). The average molecular weight is 423 g/mol. The van der Waals surface area contributed by atoms with Crippen molar-refractivity contribution in [1.29, 1.82) is 0 Å². The van der Waals surface area contributed by atoms with Gasteiger partial charge in [0.05, 0.1) is 16.5 Å². The number of pyridine rings is 1. The summed E-state index contributed by atoms with van der Waals surface area (Å²) in [5.74, 6) is -0.303. The predicted molar refractivity (Wildman–Crippen MR) is 117 cm³/mol. The number of halogens is 1. The van der Waals surface area contributed by atoms with Crippen LogP contribution in [0, 0.1) is 13.8 Å². The van der Waals surface area contributed by atoms with Crippen LogP contribution in [0.25, 0.3) is 6.08 Å². The van der Waals surface area contributed by atoms with Crippen molar-refractivity contribution in [2.24, 2.45) is 0 Å². The van der Waals surface area contributed by atoms with Gasteiger partial charge >= 0.3 is 0 Å². The SMILES string of the molecule is Cc1[nH]c(C=C2C(=O)NC3=CCC(Cl)C=C32)c(C)c1C(=O)NCCc1ccccn1. The third kappa shape index (κ3) is 3.96. The van der Waals surface area contributed by atoms with Gasteiger partial charge in [-0.1, -0.05) is 18.2 Å². The monoisotopic (exact) mass is 422 g/mol. The minimum Gasteiger partial charge on any atom is -0.358 e. The Morgan fingerprint density at radius 1 is 1.37 bits per heavy atom. The van der Waals surface area contributed by atoms with Crippen LogP contribution in [0.15, 0.2) is 53.4 Å². The van der Waals surface area contributed by atoms with Crippen LogP contribution in [0.5, 0.6) is 0 Å². The topological polar surface area (TPSA) is 86.9 Å². The van der Waals surface area contributed by atoms with Gasteiger partial charge in [-0.05, 0) is 44.0 Å². The molecular formula is C23H23ClN4O2. The summed E-state index contributed by atoms with van der Waals surface area (Å²) in [7, 11) is 0. The molecule has 2 aromatic heterocycles. The number of nitrogens with one attached hydrogen (secondary N) is 3. The molecule has 6 nitrogen and oxygen atoms in total. The molecule has 2 aliphatic rings. The highest BCUT2D eigenvalue weighted by molar-refractivity contribution is 6.22. The first-order chi connectivity index (χ1) is 14.4. The van der Waals surface area contributed by atoms with E-state index in [9.17, 15) is 9.59 Å². The zero-order valence-electron chi connectivity index (χ0n) is 16.9. The van der Waals surface area contributed by atoms with Gasteiger partial charge in [0.25, 0.3) is 11.8 Å². The fourth-order valence-electron chi connectivity index (χ4n) is 3.83. The third-order valence-electron chi connectivity index (χ3n) is 5.35. The molecule has 1 aliphatic heterocycles. The first-order valence-electron chi connectivity index (χ1n) is 9.91. The highest BCUT2D eigenvalue weighted by atomic mass is 35.5. The summed E-state index contributed by atoms with van der Waals surface area (Å²) in [5.41, 5.74) is 6.02. The zero-order chi connectivity index (χ0) is 21.3. The van der Waals surface area contributed by atoms with Gasteiger partial charge in [0.15, 0.2) is 0 Å². The van der Waals surface area contributed by atoms with Crippen molar-refractivity contribution < 1.29 is 9.59 Å². The molecule has 3 heterocycles. The van der Waals surface area contributed by atoms with Gasteiger partial charge < -0.3 is 15.6 Å². The number of allylic oxidation sites excluding steroid dienone is 3. The van der Waals surface area contributed by atoms with Crippen LogP contribution in [-0.2, 0) is 11.2 Å². The maximum absolute atomic E-state index is 12.8. The lowest BCUT2D eigenvalue weighted by atomic mass is 9.98. The van der Waals surface area contributed by atoms with Crippen LogP contribution in [-0.4, -0.2) is 33.7 Å². The molecular weight excluding hydrogens is 400 g/mol. The minimum atomic E-state index is -0.161. The summed E-state index contributed by atoms with van der Waals surface area (Å²) in [5, 5.41) is 5.71. The molecule has 0 radical (unpaired) electrons. The number of rotatable bonds is 5. The van der Waals surface area contributed by atoms with Gasteiger partial charge in [-0.25, -0.2) is 0 Å². The molecule has 154 valence electrons. The lowest BCUT2D eigenvalue weighted by Crippen LogP contribution is -2.26. The Morgan fingerprint density at radius 2 is 2.20 bits per heavy atom. The Labute approximate surface area is 180 Å². The molecule has 1 unspecified atom stereocenters. The molecule has 0 spiro atoms. The fraction of sp³-hybridized carbons (Fsp3) is 0.261. The van der Waals surface area contributed by atoms with E-state index < -0.39 is 0 Å². The second-order valence-electron chi connectivity index (χ2n) is 7.45. The van der Waals surface area contributed by atoms with Crippen molar-refractivity contribution in [1.82, 2.24) is 20.6 Å². The van der Waals surface area contributed by atoms with Crippen LogP contribution < -0.4 is 10.6 Å². The number of alkyl halides is 1. The van der Waals surface area contributed by atoms with E-state index in [-0.39, 0.29) is 17.2 Å². The molecule has 7 heteroatoms. The first-order valence-corrected chi connectivity index (χ1v) is 10.3. The number of fused-ring (bicyclic) bond motifs is 1. The first kappa shape index (κ1) is 20.2. The van der Waals surface area contributed by atoms with Crippen LogP contribution >= 0.6 is 11.6 Å². The summed E-state index contributed by atoms with van der Waals surface area (Å²) < 4.78 is 0. The molecule has 2 aromatic rings. The van der Waals surface area contributed by atoms with E-state index >= 15 is 0 Å².